The summed E-state index contributed by atoms with van der Waals surface area (Å²) in [5, 5.41) is 14.6. The van der Waals surface area contributed by atoms with Crippen molar-refractivity contribution < 1.29 is 43.2 Å². The van der Waals surface area contributed by atoms with Crippen LogP contribution in [-0.2, 0) is 31.1 Å². The van der Waals surface area contributed by atoms with Crippen molar-refractivity contribution in [2.24, 2.45) is 10.8 Å². The molecule has 4 aromatic rings. The quantitative estimate of drug-likeness (QED) is 0.0598. The molecule has 1 aromatic heterocycles. The van der Waals surface area contributed by atoms with Crippen molar-refractivity contribution in [3.8, 4) is 11.3 Å². The van der Waals surface area contributed by atoms with E-state index in [2.05, 4.69) is 56.7 Å². The van der Waals surface area contributed by atoms with Crippen LogP contribution < -0.4 is 5.19 Å². The predicted molar refractivity (Wildman–Crippen MR) is 197 cm³/mol. The number of carbonyl (C=O) groups is 1. The summed E-state index contributed by atoms with van der Waals surface area (Å²) < 4.78 is 38.9. The summed E-state index contributed by atoms with van der Waals surface area (Å²) in [5.41, 5.74) is 3.18. The van der Waals surface area contributed by atoms with Crippen LogP contribution in [0.2, 0.25) is 19.6 Å². The number of hydrogen-bond acceptors (Lipinski definition) is 4. The van der Waals surface area contributed by atoms with Gasteiger partial charge in [0, 0.05) is 42.4 Å². The number of ketones is 1. The zero-order valence-electron chi connectivity index (χ0n) is 31.1. The summed E-state index contributed by atoms with van der Waals surface area (Å²) >= 11 is 0. The second-order valence-electron chi connectivity index (χ2n) is 14.5. The van der Waals surface area contributed by atoms with Crippen molar-refractivity contribution >= 4 is 40.7 Å². The van der Waals surface area contributed by atoms with Gasteiger partial charge in [0.1, 0.15) is 11.6 Å². The smallest absolute Gasteiger partial charge is 0.381 e. The maximum Gasteiger partial charge on any atom is 0.381 e. The average Bonchev–Trinajstić information content (AvgIpc) is 3.02. The number of hydrogen-bond donors (Lipinski definition) is 1. The molecule has 0 bridgehead atoms. The Balaban J connectivity index is 0.000000398. The maximum absolute atomic E-state index is 13.0. The molecule has 0 unspecified atom stereocenters. The standard InChI is InChI=1S/C25H24F3N2Si.C15H28O2.Ir/c1-14-13-18-9-12-20-22(17-7-10-19(11-8-17)25(26,27)28)29-16(3)30-23(20)21(18)15(2)24(14)31(4,5)6;1-7-14(5,8-2)12(16)11-13(17)15(6,9-3)10-4;/h7,9-13H,1-6H3;11,16H,7-10H2,1-6H3;/q-1;;/b;12-11-;. The first-order valence-corrected chi connectivity index (χ1v) is 20.4. The Labute approximate surface area is 305 Å². The third-order valence-electron chi connectivity index (χ3n) is 10.3. The number of fused-ring (bicyclic) bond motifs is 3. The van der Waals surface area contributed by atoms with Gasteiger partial charge < -0.3 is 5.11 Å². The van der Waals surface area contributed by atoms with E-state index in [0.717, 1.165) is 59.5 Å². The molecule has 0 aliphatic rings. The van der Waals surface area contributed by atoms with Gasteiger partial charge in [0.05, 0.1) is 13.6 Å². The number of benzene rings is 3. The van der Waals surface area contributed by atoms with Crippen molar-refractivity contribution in [2.45, 2.75) is 114 Å². The maximum atomic E-state index is 13.0. The summed E-state index contributed by atoms with van der Waals surface area (Å²) in [7, 11) is -1.60. The molecule has 0 aliphatic carbocycles. The molecule has 0 saturated carbocycles. The van der Waals surface area contributed by atoms with Gasteiger partial charge in [0.25, 0.3) is 0 Å². The van der Waals surface area contributed by atoms with Gasteiger partial charge >= 0.3 is 6.18 Å². The van der Waals surface area contributed by atoms with Crippen molar-refractivity contribution in [2.75, 3.05) is 0 Å². The van der Waals surface area contributed by atoms with Crippen molar-refractivity contribution in [1.29, 1.82) is 0 Å². The predicted octanol–water partition coefficient (Wildman–Crippen LogP) is 11.4. The molecule has 4 rings (SSSR count). The summed E-state index contributed by atoms with van der Waals surface area (Å²) in [6.45, 7) is 25.2. The average molecular weight is 870 g/mol. The normalized spacial score (nSPS) is 12.8. The van der Waals surface area contributed by atoms with E-state index >= 15 is 0 Å². The van der Waals surface area contributed by atoms with E-state index in [4.69, 9.17) is 4.98 Å². The van der Waals surface area contributed by atoms with E-state index in [9.17, 15) is 23.1 Å². The summed E-state index contributed by atoms with van der Waals surface area (Å²) in [4.78, 5) is 21.5. The first-order chi connectivity index (χ1) is 22.2. The fourth-order valence-corrected chi connectivity index (χ4v) is 8.86. The van der Waals surface area contributed by atoms with Gasteiger partial charge in [-0.2, -0.15) is 13.2 Å². The molecule has 0 saturated heterocycles. The number of halogens is 3. The molecule has 0 spiro atoms. The third kappa shape index (κ3) is 9.08. The molecule has 49 heavy (non-hydrogen) atoms. The van der Waals surface area contributed by atoms with Crippen LogP contribution in [0.3, 0.4) is 0 Å². The topological polar surface area (TPSA) is 63.1 Å². The van der Waals surface area contributed by atoms with Crippen LogP contribution in [0.4, 0.5) is 13.2 Å². The van der Waals surface area contributed by atoms with E-state index in [1.807, 2.05) is 54.5 Å². The number of aromatic nitrogens is 2. The summed E-state index contributed by atoms with van der Waals surface area (Å²) in [6.07, 6.45) is 0.363. The van der Waals surface area contributed by atoms with Gasteiger partial charge in [-0.1, -0.05) is 90.1 Å². The Morgan fingerprint density at radius 2 is 1.47 bits per heavy atom. The van der Waals surface area contributed by atoms with Gasteiger partial charge in [0.2, 0.25) is 0 Å². The molecule has 0 aliphatic heterocycles. The second-order valence-corrected chi connectivity index (χ2v) is 19.5. The molecule has 269 valence electrons. The van der Waals surface area contributed by atoms with E-state index in [1.165, 1.54) is 28.5 Å². The first kappa shape index (κ1) is 42.3. The number of aliphatic hydroxyl groups is 1. The van der Waals surface area contributed by atoms with Gasteiger partial charge in [-0.25, -0.2) is 4.98 Å². The molecule has 9 heteroatoms. The molecule has 0 atom stereocenters. The van der Waals surface area contributed by atoms with E-state index in [-0.39, 0.29) is 42.5 Å². The van der Waals surface area contributed by atoms with E-state index in [0.29, 0.717) is 17.1 Å². The molecule has 4 nitrogen and oxygen atoms in total. The molecule has 0 amide bonds. The van der Waals surface area contributed by atoms with Crippen LogP contribution in [0.25, 0.3) is 32.9 Å². The molecule has 3 aromatic carbocycles. The zero-order chi connectivity index (χ0) is 36.4. The monoisotopic (exact) mass is 870 g/mol. The number of aryl methyl sites for hydroxylation is 3. The van der Waals surface area contributed by atoms with Gasteiger partial charge in [0.15, 0.2) is 5.78 Å². The Kier molecular flexibility index (Phi) is 13.8. The van der Waals surface area contributed by atoms with Crippen LogP contribution in [-0.4, -0.2) is 28.9 Å². The van der Waals surface area contributed by atoms with Crippen molar-refractivity contribution in [3.05, 3.63) is 76.8 Å². The van der Waals surface area contributed by atoms with Crippen LogP contribution in [0.5, 0.6) is 0 Å². The summed E-state index contributed by atoms with van der Waals surface area (Å²) in [5.74, 6) is 0.867. The Morgan fingerprint density at radius 1 is 0.898 bits per heavy atom. The number of carbonyl (C=O) groups excluding carboxylic acids is 1. The molecule has 1 heterocycles. The number of allylic oxidation sites excluding steroid dienone is 2. The van der Waals surface area contributed by atoms with E-state index < -0.39 is 19.8 Å². The van der Waals surface area contributed by atoms with Gasteiger partial charge in [-0.05, 0) is 74.0 Å². The third-order valence-corrected chi connectivity index (χ3v) is 12.5. The minimum absolute atomic E-state index is 0. The SMILES string of the molecule is CCC(C)(CC)C(=O)/C=C(\O)C(C)(CC)CC.Cc1nc(-c2[c-]cc(C(F)(F)F)cc2)c2ccc3cc(C)c([Si](C)(C)C)c(C)c3c2n1.[Ir]. The van der Waals surface area contributed by atoms with Crippen LogP contribution in [0.1, 0.15) is 89.7 Å². The van der Waals surface area contributed by atoms with Crippen LogP contribution >= 0.6 is 0 Å². The Hall–Kier alpha value is -2.87. The molecule has 1 radical (unpaired) electrons. The number of aliphatic hydroxyl groups excluding tert-OH is 1. The fourth-order valence-electron chi connectivity index (χ4n) is 6.35. The van der Waals surface area contributed by atoms with Gasteiger partial charge in [-0.3, -0.25) is 9.78 Å². The number of nitrogens with zero attached hydrogens (tertiary/aromatic N) is 2. The molecular weight excluding hydrogens is 818 g/mol. The van der Waals surface area contributed by atoms with Crippen molar-refractivity contribution in [3.63, 3.8) is 0 Å². The van der Waals surface area contributed by atoms with Gasteiger partial charge in [-0.15, -0.1) is 29.8 Å². The Bertz CT molecular complexity index is 1820. The number of alkyl halides is 3. The second kappa shape index (κ2) is 16.0. The van der Waals surface area contributed by atoms with Crippen LogP contribution in [0.15, 0.2) is 48.2 Å². The molecule has 1 N–H and O–H groups in total. The summed E-state index contributed by atoms with van der Waals surface area (Å²) in [6, 6.07) is 12.5. The van der Waals surface area contributed by atoms with Crippen molar-refractivity contribution in [1.82, 2.24) is 9.97 Å². The van der Waals surface area contributed by atoms with E-state index in [1.54, 1.807) is 0 Å². The van der Waals surface area contributed by atoms with Crippen LogP contribution in [0, 0.1) is 37.7 Å². The largest absolute Gasteiger partial charge is 0.512 e. The number of rotatable bonds is 9. The first-order valence-electron chi connectivity index (χ1n) is 16.9. The zero-order valence-corrected chi connectivity index (χ0v) is 34.5. The minimum atomic E-state index is -4.39. The molecular formula is C40H52F3IrN2O2Si-. The fraction of sp³-hybridized carbons (Fsp3) is 0.475. The molecule has 0 fully saturated rings. The minimum Gasteiger partial charge on any atom is -0.512 e. The Morgan fingerprint density at radius 3 is 1.94 bits per heavy atom.